The first kappa shape index (κ1) is 39.2. The summed E-state index contributed by atoms with van der Waals surface area (Å²) in [6.07, 6.45) is 6.38. The number of ether oxygens (including phenoxy) is 2. The Bertz CT molecular complexity index is 1910. The third-order valence-corrected chi connectivity index (χ3v) is 12.4. The van der Waals surface area contributed by atoms with E-state index < -0.39 is 74.2 Å². The number of hydrogen-bond acceptors (Lipinski definition) is 10. The van der Waals surface area contributed by atoms with Crippen LogP contribution in [0.4, 0.5) is 4.79 Å². The molecule has 54 heavy (non-hydrogen) atoms. The highest BCUT2D eigenvalue weighted by Gasteiger charge is 2.62. The molecule has 294 valence electrons. The molecule has 3 fully saturated rings. The van der Waals surface area contributed by atoms with Crippen LogP contribution in [0.3, 0.4) is 0 Å². The first-order valence-corrected chi connectivity index (χ1v) is 20.5. The molecule has 6 rings (SSSR count). The van der Waals surface area contributed by atoms with Gasteiger partial charge in [-0.15, -0.1) is 10.2 Å². The molecule has 5 amide bonds. The Morgan fingerprint density at radius 2 is 1.72 bits per heavy atom. The molecular formula is C38H53N7O8S. The van der Waals surface area contributed by atoms with Crippen molar-refractivity contribution < 1.29 is 37.1 Å². The topological polar surface area (TPSA) is 198 Å². The number of fused-ring (bicyclic) bond motifs is 3. The molecule has 15 nitrogen and oxygen atoms in total. The van der Waals surface area contributed by atoms with Crippen molar-refractivity contribution in [3.63, 3.8) is 0 Å². The summed E-state index contributed by atoms with van der Waals surface area (Å²) in [4.78, 5) is 57.7. The van der Waals surface area contributed by atoms with E-state index in [1.807, 2.05) is 71.0 Å². The van der Waals surface area contributed by atoms with E-state index in [1.54, 1.807) is 0 Å². The van der Waals surface area contributed by atoms with Gasteiger partial charge in [0.15, 0.2) is 0 Å². The van der Waals surface area contributed by atoms with Crippen LogP contribution >= 0.6 is 0 Å². The minimum absolute atomic E-state index is 0.0277. The summed E-state index contributed by atoms with van der Waals surface area (Å²) in [5, 5.41) is 17.9. The van der Waals surface area contributed by atoms with Gasteiger partial charge in [-0.25, -0.2) is 13.2 Å². The average molecular weight is 768 g/mol. The molecule has 0 spiro atoms. The molecular weight excluding hydrogens is 715 g/mol. The number of nitrogens with zero attached hydrogens (tertiary/aromatic N) is 3. The van der Waals surface area contributed by atoms with Crippen LogP contribution in [-0.4, -0.2) is 94.9 Å². The minimum Gasteiger partial charge on any atom is -0.476 e. The van der Waals surface area contributed by atoms with Crippen molar-refractivity contribution >= 4 is 44.5 Å². The van der Waals surface area contributed by atoms with E-state index in [4.69, 9.17) is 9.47 Å². The fourth-order valence-corrected chi connectivity index (χ4v) is 8.92. The monoisotopic (exact) mass is 767 g/mol. The van der Waals surface area contributed by atoms with Gasteiger partial charge in [0.1, 0.15) is 23.7 Å². The fraction of sp³-hybridized carbons (Fsp3) is 0.632. The van der Waals surface area contributed by atoms with E-state index in [2.05, 4.69) is 37.8 Å². The fourth-order valence-electron chi connectivity index (χ4n) is 7.56. The molecule has 2 aromatic rings. The van der Waals surface area contributed by atoms with E-state index in [-0.39, 0.29) is 37.1 Å². The van der Waals surface area contributed by atoms with E-state index in [0.29, 0.717) is 48.9 Å². The summed E-state index contributed by atoms with van der Waals surface area (Å²) >= 11 is 0. The third kappa shape index (κ3) is 8.74. The maximum absolute atomic E-state index is 14.8. The quantitative estimate of drug-likeness (QED) is 0.289. The summed E-state index contributed by atoms with van der Waals surface area (Å²) in [5.74, 6) is -1.91. The van der Waals surface area contributed by atoms with Gasteiger partial charge in [0.2, 0.25) is 33.6 Å². The van der Waals surface area contributed by atoms with Gasteiger partial charge in [0.05, 0.1) is 29.2 Å². The molecule has 1 saturated heterocycles. The van der Waals surface area contributed by atoms with Gasteiger partial charge in [-0.3, -0.25) is 19.1 Å². The zero-order chi connectivity index (χ0) is 39.0. The molecule has 0 radical (unpaired) electrons. The van der Waals surface area contributed by atoms with Gasteiger partial charge in [0.25, 0.3) is 5.91 Å². The van der Waals surface area contributed by atoms with E-state index in [1.165, 1.54) is 4.90 Å². The Kier molecular flexibility index (Phi) is 11.1. The second kappa shape index (κ2) is 15.3. The van der Waals surface area contributed by atoms with Gasteiger partial charge >= 0.3 is 6.03 Å². The molecule has 7 atom stereocenters. The smallest absolute Gasteiger partial charge is 0.315 e. The standard InChI is InChI=1S/C38H53N7O8S/c1-7-52-32-27-14-10-11-15-28(27)33(43-42-32)53-25-19-29-31(46)40-38(35(48)44-54(50,51)26-16-17-26)20-24(38)13-9-8-12-22(2)18-23(3)30(34(47)45(29)21-25)39-36(49)41-37(4,5)6/h9-11,13-15,22-26,29-30H,7-8,12,16-21H2,1-6H3,(H,40,46)(H,44,48)(H2,39,41,49)/b13-9-/t22-,23+,24+,25+,29-,30-,38+/m0/s1. The van der Waals surface area contributed by atoms with Crippen molar-refractivity contribution in [2.24, 2.45) is 17.8 Å². The lowest BCUT2D eigenvalue weighted by Crippen LogP contribution is -2.60. The molecule has 1 aromatic carbocycles. The normalized spacial score (nSPS) is 29.8. The van der Waals surface area contributed by atoms with Gasteiger partial charge in [0, 0.05) is 17.9 Å². The molecule has 2 saturated carbocycles. The van der Waals surface area contributed by atoms with Crippen LogP contribution in [0.5, 0.6) is 11.8 Å². The number of allylic oxidation sites excluding steroid dienone is 1. The molecule has 2 aliphatic heterocycles. The number of sulfonamides is 1. The molecule has 2 aliphatic carbocycles. The average Bonchev–Trinajstić information content (AvgIpc) is 4.02. The Labute approximate surface area is 316 Å². The number of carbonyl (C=O) groups excluding carboxylic acids is 4. The summed E-state index contributed by atoms with van der Waals surface area (Å²) in [5.41, 5.74) is -2.08. The Morgan fingerprint density at radius 3 is 2.39 bits per heavy atom. The van der Waals surface area contributed by atoms with Crippen molar-refractivity contribution in [3.05, 3.63) is 36.4 Å². The predicted molar refractivity (Wildman–Crippen MR) is 201 cm³/mol. The Hall–Kier alpha value is -4.47. The third-order valence-electron chi connectivity index (χ3n) is 10.6. The van der Waals surface area contributed by atoms with Crippen LogP contribution in [-0.2, 0) is 24.4 Å². The van der Waals surface area contributed by atoms with Crippen molar-refractivity contribution in [3.8, 4) is 11.8 Å². The van der Waals surface area contributed by atoms with E-state index in [0.717, 1.165) is 6.42 Å². The van der Waals surface area contributed by atoms with Crippen LogP contribution < -0.4 is 30.1 Å². The minimum atomic E-state index is -3.90. The highest BCUT2D eigenvalue weighted by molar-refractivity contribution is 7.91. The molecule has 1 aromatic heterocycles. The second-order valence-corrected chi connectivity index (χ2v) is 18.3. The Balaban J connectivity index is 1.35. The van der Waals surface area contributed by atoms with Crippen LogP contribution in [0.15, 0.2) is 36.4 Å². The van der Waals surface area contributed by atoms with Gasteiger partial charge in [-0.1, -0.05) is 38.1 Å². The number of urea groups is 1. The SMILES string of the molecule is CCOc1nnc(O[C@@H]2C[C@H]3C(=O)N[C@]4(C(=O)NS(=O)(=O)C5CC5)C[C@H]4/C=C\CC[C@H](C)C[C@@H](C)[C@H](NC(=O)NC(C)(C)C)C(=O)N3C2)c2ccccc12. The zero-order valence-electron chi connectivity index (χ0n) is 31.9. The highest BCUT2D eigenvalue weighted by atomic mass is 32.2. The largest absolute Gasteiger partial charge is 0.476 e. The number of amides is 5. The maximum atomic E-state index is 14.8. The van der Waals surface area contributed by atoms with Crippen LogP contribution in [0.25, 0.3) is 10.8 Å². The van der Waals surface area contributed by atoms with E-state index >= 15 is 0 Å². The van der Waals surface area contributed by atoms with Gasteiger partial charge in [-0.05, 0) is 90.2 Å². The van der Waals surface area contributed by atoms with Gasteiger partial charge in [-0.2, -0.15) is 0 Å². The molecule has 3 heterocycles. The van der Waals surface area contributed by atoms with E-state index in [9.17, 15) is 27.6 Å². The molecule has 4 N–H and O–H groups in total. The summed E-state index contributed by atoms with van der Waals surface area (Å²) in [6.45, 7) is 11.7. The van der Waals surface area contributed by atoms with Crippen molar-refractivity contribution in [1.82, 2.24) is 35.8 Å². The number of carbonyl (C=O) groups is 4. The number of nitrogens with one attached hydrogen (secondary N) is 4. The van der Waals surface area contributed by atoms with Crippen molar-refractivity contribution in [2.75, 3.05) is 13.2 Å². The van der Waals surface area contributed by atoms with Crippen molar-refractivity contribution in [2.45, 2.75) is 121 Å². The Morgan fingerprint density at radius 1 is 1.04 bits per heavy atom. The highest BCUT2D eigenvalue weighted by Crippen LogP contribution is 2.46. The number of benzene rings is 1. The molecule has 4 aliphatic rings. The summed E-state index contributed by atoms with van der Waals surface area (Å²) in [6, 6.07) is 4.71. The van der Waals surface area contributed by atoms with Crippen LogP contribution in [0.2, 0.25) is 0 Å². The van der Waals surface area contributed by atoms with Crippen LogP contribution in [0, 0.1) is 17.8 Å². The lowest BCUT2D eigenvalue weighted by Gasteiger charge is -2.33. The second-order valence-electron chi connectivity index (χ2n) is 16.4. The van der Waals surface area contributed by atoms with Crippen LogP contribution in [0.1, 0.15) is 86.5 Å². The molecule has 0 unspecified atom stereocenters. The molecule has 0 bridgehead atoms. The first-order chi connectivity index (χ1) is 25.5. The maximum Gasteiger partial charge on any atom is 0.315 e. The lowest BCUT2D eigenvalue weighted by atomic mass is 9.88. The number of aromatic nitrogens is 2. The van der Waals surface area contributed by atoms with Crippen molar-refractivity contribution in [1.29, 1.82) is 0 Å². The van der Waals surface area contributed by atoms with Gasteiger partial charge < -0.3 is 30.3 Å². The molecule has 16 heteroatoms. The summed E-state index contributed by atoms with van der Waals surface area (Å²) in [7, 11) is -3.90. The lowest BCUT2D eigenvalue weighted by molar-refractivity contribution is -0.142. The first-order valence-electron chi connectivity index (χ1n) is 19.0. The summed E-state index contributed by atoms with van der Waals surface area (Å²) < 4.78 is 40.1. The number of hydrogen-bond donors (Lipinski definition) is 4. The predicted octanol–water partition coefficient (Wildman–Crippen LogP) is 3.34. The zero-order valence-corrected chi connectivity index (χ0v) is 32.7. The number of rotatable bonds is 8.